The highest BCUT2D eigenvalue weighted by Gasteiger charge is 2.35. The minimum absolute atomic E-state index is 0.152. The van der Waals surface area contributed by atoms with Gasteiger partial charge in [0.1, 0.15) is 13.4 Å². The lowest BCUT2D eigenvalue weighted by atomic mass is 9.92. The molecule has 0 aromatic heterocycles. The van der Waals surface area contributed by atoms with Gasteiger partial charge in [0.2, 0.25) is 0 Å². The number of rotatable bonds is 2. The smallest absolute Gasteiger partial charge is 0.142 e. The van der Waals surface area contributed by atoms with Gasteiger partial charge in [-0.3, -0.25) is 0 Å². The highest BCUT2D eigenvalue weighted by Crippen LogP contribution is 2.21. The van der Waals surface area contributed by atoms with Crippen molar-refractivity contribution in [2.24, 2.45) is 0 Å². The molecule has 0 N–H and O–H groups in total. The molecule has 0 spiro atoms. The SMILES string of the molecule is B[C@@H]1O[C@](C)(COC)COC1C. The zero-order chi connectivity index (χ0) is 9.19. The highest BCUT2D eigenvalue weighted by atomic mass is 16.6. The summed E-state index contributed by atoms with van der Waals surface area (Å²) in [6, 6.07) is 0.152. The van der Waals surface area contributed by atoms with E-state index in [1.165, 1.54) is 0 Å². The Morgan fingerprint density at radius 1 is 1.67 bits per heavy atom. The van der Waals surface area contributed by atoms with Crippen LogP contribution in [0.2, 0.25) is 0 Å². The summed E-state index contributed by atoms with van der Waals surface area (Å²) in [5.41, 5.74) is -0.263. The first-order valence-corrected chi connectivity index (χ1v) is 4.36. The molecule has 1 rings (SSSR count). The predicted octanol–water partition coefficient (Wildman–Crippen LogP) is -0.214. The van der Waals surface area contributed by atoms with Crippen LogP contribution in [0.25, 0.3) is 0 Å². The zero-order valence-electron chi connectivity index (χ0n) is 8.29. The monoisotopic (exact) mass is 172 g/mol. The van der Waals surface area contributed by atoms with Crippen molar-refractivity contribution >= 4 is 7.85 Å². The Bertz CT molecular complexity index is 153. The normalized spacial score (nSPS) is 42.9. The van der Waals surface area contributed by atoms with Crippen molar-refractivity contribution in [3.05, 3.63) is 0 Å². The summed E-state index contributed by atoms with van der Waals surface area (Å²) in [7, 11) is 3.70. The lowest BCUT2D eigenvalue weighted by Crippen LogP contribution is -2.52. The van der Waals surface area contributed by atoms with E-state index in [1.807, 2.05) is 21.7 Å². The summed E-state index contributed by atoms with van der Waals surface area (Å²) in [4.78, 5) is 0. The molecule has 1 saturated heterocycles. The van der Waals surface area contributed by atoms with Crippen LogP contribution in [0.15, 0.2) is 0 Å². The summed E-state index contributed by atoms with van der Waals surface area (Å²) in [6.07, 6.45) is 0.190. The molecule has 70 valence electrons. The van der Waals surface area contributed by atoms with Crippen LogP contribution < -0.4 is 0 Å². The van der Waals surface area contributed by atoms with Gasteiger partial charge in [-0.25, -0.2) is 0 Å². The van der Waals surface area contributed by atoms with Crippen LogP contribution in [0.4, 0.5) is 0 Å². The fraction of sp³-hybridized carbons (Fsp3) is 1.00. The Morgan fingerprint density at radius 2 is 2.33 bits per heavy atom. The topological polar surface area (TPSA) is 27.7 Å². The van der Waals surface area contributed by atoms with Gasteiger partial charge in [0.15, 0.2) is 0 Å². The van der Waals surface area contributed by atoms with Crippen LogP contribution in [0.5, 0.6) is 0 Å². The summed E-state index contributed by atoms with van der Waals surface area (Å²) < 4.78 is 16.4. The van der Waals surface area contributed by atoms with Gasteiger partial charge in [-0.15, -0.1) is 0 Å². The number of methoxy groups -OCH3 is 1. The largest absolute Gasteiger partial charge is 0.382 e. The van der Waals surface area contributed by atoms with Crippen molar-refractivity contribution in [1.29, 1.82) is 0 Å². The molecule has 0 amide bonds. The Hall–Kier alpha value is -0.0551. The van der Waals surface area contributed by atoms with Gasteiger partial charge in [-0.1, -0.05) is 0 Å². The third-order valence-electron chi connectivity index (χ3n) is 2.23. The van der Waals surface area contributed by atoms with Crippen LogP contribution in [0, 0.1) is 0 Å². The average Bonchev–Trinajstić information content (AvgIpc) is 1.98. The van der Waals surface area contributed by atoms with Crippen LogP contribution in [-0.4, -0.2) is 45.9 Å². The fourth-order valence-corrected chi connectivity index (χ4v) is 1.40. The maximum atomic E-state index is 5.78. The Kier molecular flexibility index (Phi) is 3.15. The Labute approximate surface area is 74.8 Å². The molecule has 0 radical (unpaired) electrons. The van der Waals surface area contributed by atoms with Gasteiger partial charge in [-0.05, 0) is 13.8 Å². The van der Waals surface area contributed by atoms with Gasteiger partial charge in [0.05, 0.1) is 25.3 Å². The number of hydrogen-bond donors (Lipinski definition) is 0. The molecule has 0 saturated carbocycles. The van der Waals surface area contributed by atoms with Crippen LogP contribution in [-0.2, 0) is 14.2 Å². The minimum Gasteiger partial charge on any atom is -0.382 e. The molecule has 0 aromatic rings. The Balaban J connectivity index is 2.48. The summed E-state index contributed by atoms with van der Waals surface area (Å²) in [6.45, 7) is 5.24. The molecule has 1 aliphatic heterocycles. The molecule has 12 heavy (non-hydrogen) atoms. The van der Waals surface area contributed by atoms with Gasteiger partial charge >= 0.3 is 0 Å². The van der Waals surface area contributed by atoms with E-state index in [2.05, 4.69) is 0 Å². The van der Waals surface area contributed by atoms with Gasteiger partial charge in [0, 0.05) is 7.11 Å². The van der Waals surface area contributed by atoms with Crippen molar-refractivity contribution in [3.8, 4) is 0 Å². The number of ether oxygens (including phenoxy) is 3. The van der Waals surface area contributed by atoms with Crippen LogP contribution in [0.1, 0.15) is 13.8 Å². The van der Waals surface area contributed by atoms with E-state index in [0.717, 1.165) is 0 Å². The van der Waals surface area contributed by atoms with Crippen LogP contribution in [0.3, 0.4) is 0 Å². The highest BCUT2D eigenvalue weighted by molar-refractivity contribution is 6.11. The molecule has 0 bridgehead atoms. The molecule has 0 aromatic carbocycles. The summed E-state index contributed by atoms with van der Waals surface area (Å²) >= 11 is 0. The maximum Gasteiger partial charge on any atom is 0.142 e. The second-order valence-corrected chi connectivity index (χ2v) is 3.72. The third kappa shape index (κ3) is 2.22. The average molecular weight is 172 g/mol. The summed E-state index contributed by atoms with van der Waals surface area (Å²) in [5, 5.41) is 0. The lowest BCUT2D eigenvalue weighted by Gasteiger charge is -2.40. The molecule has 1 unspecified atom stereocenters. The lowest BCUT2D eigenvalue weighted by molar-refractivity contribution is -0.210. The maximum absolute atomic E-state index is 5.78. The van der Waals surface area contributed by atoms with E-state index < -0.39 is 0 Å². The molecule has 3 atom stereocenters. The fourth-order valence-electron chi connectivity index (χ4n) is 1.40. The molecule has 1 heterocycles. The second-order valence-electron chi connectivity index (χ2n) is 3.72. The number of hydrogen-bond acceptors (Lipinski definition) is 3. The van der Waals surface area contributed by atoms with Crippen molar-refractivity contribution in [2.75, 3.05) is 20.3 Å². The van der Waals surface area contributed by atoms with Crippen molar-refractivity contribution in [3.63, 3.8) is 0 Å². The van der Waals surface area contributed by atoms with E-state index in [4.69, 9.17) is 14.2 Å². The summed E-state index contributed by atoms with van der Waals surface area (Å²) in [5.74, 6) is 0. The second kappa shape index (κ2) is 3.77. The molecule has 3 nitrogen and oxygen atoms in total. The minimum atomic E-state index is -0.263. The zero-order valence-corrected chi connectivity index (χ0v) is 8.29. The van der Waals surface area contributed by atoms with E-state index in [1.54, 1.807) is 7.11 Å². The van der Waals surface area contributed by atoms with Crippen molar-refractivity contribution < 1.29 is 14.2 Å². The first-order valence-electron chi connectivity index (χ1n) is 4.36. The van der Waals surface area contributed by atoms with Crippen molar-refractivity contribution in [2.45, 2.75) is 31.6 Å². The van der Waals surface area contributed by atoms with Gasteiger partial charge in [-0.2, -0.15) is 0 Å². The third-order valence-corrected chi connectivity index (χ3v) is 2.23. The van der Waals surface area contributed by atoms with Gasteiger partial charge < -0.3 is 14.2 Å². The van der Waals surface area contributed by atoms with E-state index in [9.17, 15) is 0 Å². The molecular weight excluding hydrogens is 155 g/mol. The molecule has 0 aliphatic carbocycles. The molecule has 4 heteroatoms. The molecular formula is C8H17BO3. The first-order chi connectivity index (χ1) is 5.57. The molecule has 1 aliphatic rings. The quantitative estimate of drug-likeness (QED) is 0.539. The van der Waals surface area contributed by atoms with E-state index >= 15 is 0 Å². The molecule has 1 fully saturated rings. The predicted molar refractivity (Wildman–Crippen MR) is 49.1 cm³/mol. The standard InChI is InChI=1S/C8H17BO3/c1-6-7(9)12-8(2,4-10-3)5-11-6/h6-7H,4-5,9H2,1-3H3/t6?,7-,8-/m1/s1. The Morgan fingerprint density at radius 3 is 2.83 bits per heavy atom. The van der Waals surface area contributed by atoms with Crippen LogP contribution >= 0.6 is 0 Å². The van der Waals surface area contributed by atoms with Crippen molar-refractivity contribution in [1.82, 2.24) is 0 Å². The van der Waals surface area contributed by atoms with E-state index in [-0.39, 0.29) is 17.7 Å². The van der Waals surface area contributed by atoms with E-state index in [0.29, 0.717) is 13.2 Å². The first kappa shape index (κ1) is 10.0. The van der Waals surface area contributed by atoms with Gasteiger partial charge in [0.25, 0.3) is 0 Å².